The van der Waals surface area contributed by atoms with E-state index in [4.69, 9.17) is 9.47 Å². The van der Waals surface area contributed by atoms with Gasteiger partial charge in [-0.2, -0.15) is 0 Å². The van der Waals surface area contributed by atoms with Crippen molar-refractivity contribution in [3.05, 3.63) is 36.1 Å². The highest BCUT2D eigenvalue weighted by Crippen LogP contribution is 2.20. The third kappa shape index (κ3) is 3.92. The van der Waals surface area contributed by atoms with Crippen molar-refractivity contribution in [1.29, 1.82) is 0 Å². The van der Waals surface area contributed by atoms with Gasteiger partial charge in [-0.3, -0.25) is 0 Å². The van der Waals surface area contributed by atoms with E-state index < -0.39 is 0 Å². The maximum absolute atomic E-state index is 5.71. The molecule has 15 heavy (non-hydrogen) atoms. The Morgan fingerprint density at radius 2 is 1.80 bits per heavy atom. The Hall–Kier alpha value is -1.02. The topological polar surface area (TPSA) is 18.5 Å². The molecular weight excluding hydrogens is 188 g/mol. The zero-order valence-electron chi connectivity index (χ0n) is 9.99. The van der Waals surface area contributed by atoms with Crippen molar-refractivity contribution >= 4 is 0 Å². The predicted molar refractivity (Wildman–Crippen MR) is 62.6 cm³/mol. The van der Waals surface area contributed by atoms with Crippen molar-refractivity contribution in [2.75, 3.05) is 0 Å². The summed E-state index contributed by atoms with van der Waals surface area (Å²) in [4.78, 5) is 0. The molecule has 84 valence electrons. The number of hydrogen-bond acceptors (Lipinski definition) is 2. The van der Waals surface area contributed by atoms with Crippen molar-refractivity contribution in [3.63, 3.8) is 0 Å². The molecule has 2 nitrogen and oxygen atoms in total. The maximum Gasteiger partial charge on any atom is 0.118 e. The SMILES string of the molecule is C=C1C=CC(OC(C)C)=CC1OC(C)C. The molecule has 0 aromatic heterocycles. The Labute approximate surface area is 92.3 Å². The summed E-state index contributed by atoms with van der Waals surface area (Å²) in [5.41, 5.74) is 0.972. The fraction of sp³-hybridized carbons (Fsp3) is 0.538. The highest BCUT2D eigenvalue weighted by atomic mass is 16.5. The van der Waals surface area contributed by atoms with Gasteiger partial charge in [-0.05, 0) is 45.4 Å². The van der Waals surface area contributed by atoms with Gasteiger partial charge in [0.15, 0.2) is 0 Å². The lowest BCUT2D eigenvalue weighted by atomic mass is 10.1. The van der Waals surface area contributed by atoms with Crippen molar-refractivity contribution < 1.29 is 9.47 Å². The first kappa shape index (κ1) is 12.1. The summed E-state index contributed by atoms with van der Waals surface area (Å²) in [6, 6.07) is 0. The van der Waals surface area contributed by atoms with E-state index in [0.717, 1.165) is 11.3 Å². The summed E-state index contributed by atoms with van der Waals surface area (Å²) in [7, 11) is 0. The monoisotopic (exact) mass is 208 g/mol. The van der Waals surface area contributed by atoms with Gasteiger partial charge in [0.2, 0.25) is 0 Å². The first-order valence-corrected chi connectivity index (χ1v) is 5.40. The molecule has 0 saturated carbocycles. The normalized spacial score (nSPS) is 21.1. The molecule has 1 rings (SSSR count). The molecular formula is C13H20O2. The van der Waals surface area contributed by atoms with Crippen LogP contribution in [0.5, 0.6) is 0 Å². The standard InChI is InChI=1S/C13H20O2/c1-9(2)14-12-7-6-11(5)13(8-12)15-10(3)4/h6-10,13H,5H2,1-4H3. The molecule has 0 radical (unpaired) electrons. The van der Waals surface area contributed by atoms with Crippen LogP contribution in [0.4, 0.5) is 0 Å². The first-order chi connectivity index (χ1) is 6.99. The third-order valence-electron chi connectivity index (χ3n) is 1.93. The van der Waals surface area contributed by atoms with Crippen LogP contribution in [-0.4, -0.2) is 18.3 Å². The zero-order chi connectivity index (χ0) is 11.4. The molecule has 0 aliphatic heterocycles. The van der Waals surface area contributed by atoms with Crippen molar-refractivity contribution in [1.82, 2.24) is 0 Å². The van der Waals surface area contributed by atoms with Gasteiger partial charge in [0, 0.05) is 0 Å². The average molecular weight is 208 g/mol. The van der Waals surface area contributed by atoms with Gasteiger partial charge in [-0.15, -0.1) is 0 Å². The Morgan fingerprint density at radius 1 is 1.13 bits per heavy atom. The van der Waals surface area contributed by atoms with E-state index in [1.807, 2.05) is 45.9 Å². The van der Waals surface area contributed by atoms with E-state index in [1.54, 1.807) is 0 Å². The minimum absolute atomic E-state index is 0.0521. The van der Waals surface area contributed by atoms with E-state index in [2.05, 4.69) is 6.58 Å². The number of allylic oxidation sites excluding steroid dienone is 1. The minimum Gasteiger partial charge on any atom is -0.491 e. The molecule has 0 N–H and O–H groups in total. The van der Waals surface area contributed by atoms with E-state index in [0.29, 0.717) is 0 Å². The Balaban J connectivity index is 2.67. The minimum atomic E-state index is -0.0521. The van der Waals surface area contributed by atoms with Gasteiger partial charge in [0.05, 0.1) is 12.2 Å². The van der Waals surface area contributed by atoms with Gasteiger partial charge in [-0.1, -0.05) is 12.7 Å². The van der Waals surface area contributed by atoms with Crippen LogP contribution in [0, 0.1) is 0 Å². The highest BCUT2D eigenvalue weighted by molar-refractivity contribution is 5.35. The molecule has 1 unspecified atom stereocenters. The second kappa shape index (κ2) is 5.17. The van der Waals surface area contributed by atoms with Gasteiger partial charge in [0.1, 0.15) is 11.9 Å². The number of hydrogen-bond donors (Lipinski definition) is 0. The van der Waals surface area contributed by atoms with Crippen molar-refractivity contribution in [2.45, 2.75) is 46.0 Å². The van der Waals surface area contributed by atoms with Crippen LogP contribution in [0.3, 0.4) is 0 Å². The lowest BCUT2D eigenvalue weighted by Gasteiger charge is -2.22. The average Bonchev–Trinajstić information content (AvgIpc) is 2.09. The summed E-state index contributed by atoms with van der Waals surface area (Å²) >= 11 is 0. The lowest BCUT2D eigenvalue weighted by Crippen LogP contribution is -2.20. The van der Waals surface area contributed by atoms with Crippen LogP contribution in [-0.2, 0) is 9.47 Å². The predicted octanol–water partition coefficient (Wildman–Crippen LogP) is 3.21. The van der Waals surface area contributed by atoms with Gasteiger partial charge >= 0.3 is 0 Å². The largest absolute Gasteiger partial charge is 0.491 e. The zero-order valence-corrected chi connectivity index (χ0v) is 9.99. The molecule has 0 aromatic rings. The number of rotatable bonds is 4. The van der Waals surface area contributed by atoms with E-state index in [9.17, 15) is 0 Å². The summed E-state index contributed by atoms with van der Waals surface area (Å²) in [6.07, 6.45) is 6.18. The number of ether oxygens (including phenoxy) is 2. The second-order valence-corrected chi connectivity index (χ2v) is 4.25. The van der Waals surface area contributed by atoms with E-state index in [-0.39, 0.29) is 18.3 Å². The third-order valence-corrected chi connectivity index (χ3v) is 1.93. The molecule has 0 saturated heterocycles. The molecule has 0 heterocycles. The van der Waals surface area contributed by atoms with Crippen LogP contribution in [0.15, 0.2) is 36.1 Å². The lowest BCUT2D eigenvalue weighted by molar-refractivity contribution is 0.0521. The van der Waals surface area contributed by atoms with Crippen molar-refractivity contribution in [3.8, 4) is 0 Å². The van der Waals surface area contributed by atoms with Gasteiger partial charge < -0.3 is 9.47 Å². The maximum atomic E-state index is 5.71. The van der Waals surface area contributed by atoms with E-state index >= 15 is 0 Å². The van der Waals surface area contributed by atoms with Crippen LogP contribution < -0.4 is 0 Å². The first-order valence-electron chi connectivity index (χ1n) is 5.40. The quantitative estimate of drug-likeness (QED) is 0.706. The highest BCUT2D eigenvalue weighted by Gasteiger charge is 2.16. The Bertz CT molecular complexity index is 285. The Morgan fingerprint density at radius 3 is 2.33 bits per heavy atom. The smallest absolute Gasteiger partial charge is 0.118 e. The van der Waals surface area contributed by atoms with E-state index in [1.165, 1.54) is 0 Å². The summed E-state index contributed by atoms with van der Waals surface area (Å²) in [6.45, 7) is 12.0. The molecule has 1 aliphatic rings. The summed E-state index contributed by atoms with van der Waals surface area (Å²) in [5, 5.41) is 0. The van der Waals surface area contributed by atoms with Crippen molar-refractivity contribution in [2.24, 2.45) is 0 Å². The summed E-state index contributed by atoms with van der Waals surface area (Å²) < 4.78 is 11.3. The second-order valence-electron chi connectivity index (χ2n) is 4.25. The van der Waals surface area contributed by atoms with Gasteiger partial charge in [0.25, 0.3) is 0 Å². The van der Waals surface area contributed by atoms with Crippen LogP contribution >= 0.6 is 0 Å². The van der Waals surface area contributed by atoms with Crippen LogP contribution in [0.1, 0.15) is 27.7 Å². The van der Waals surface area contributed by atoms with Gasteiger partial charge in [-0.25, -0.2) is 0 Å². The Kier molecular flexibility index (Phi) is 4.15. The molecule has 0 aromatic carbocycles. The molecule has 1 aliphatic carbocycles. The fourth-order valence-corrected chi connectivity index (χ4v) is 1.37. The summed E-state index contributed by atoms with van der Waals surface area (Å²) in [5.74, 6) is 0.864. The van der Waals surface area contributed by atoms with Crippen LogP contribution in [0.25, 0.3) is 0 Å². The fourth-order valence-electron chi connectivity index (χ4n) is 1.37. The molecule has 0 amide bonds. The molecule has 2 heteroatoms. The molecule has 0 bridgehead atoms. The van der Waals surface area contributed by atoms with Crippen LogP contribution in [0.2, 0.25) is 0 Å². The molecule has 0 fully saturated rings. The molecule has 1 atom stereocenters. The molecule has 0 spiro atoms.